The van der Waals surface area contributed by atoms with Gasteiger partial charge in [0.25, 0.3) is 5.91 Å². The van der Waals surface area contributed by atoms with Gasteiger partial charge in [-0.25, -0.2) is 0 Å². The molecule has 0 spiro atoms. The van der Waals surface area contributed by atoms with Crippen LogP contribution in [0, 0.1) is 0 Å². The summed E-state index contributed by atoms with van der Waals surface area (Å²) in [5, 5.41) is 10.8. The van der Waals surface area contributed by atoms with Crippen LogP contribution in [0.1, 0.15) is 15.9 Å². The summed E-state index contributed by atoms with van der Waals surface area (Å²) in [6.07, 6.45) is 0. The third kappa shape index (κ3) is 4.02. The molecule has 0 unspecified atom stereocenters. The standard InChI is InChI=1S/C20H16N2O2S/c23-18-9-7-17(8-10-18)21-22-20(24)19-11-6-15(12-16(19)13-25)14-4-2-1-3-5-14/h1-13,21,23H,(H,22,24). The van der Waals surface area contributed by atoms with Gasteiger partial charge < -0.3 is 5.11 Å². The second kappa shape index (κ2) is 7.59. The molecule has 0 aromatic heterocycles. The molecule has 25 heavy (non-hydrogen) atoms. The van der Waals surface area contributed by atoms with Crippen LogP contribution in [-0.2, 0) is 0 Å². The summed E-state index contributed by atoms with van der Waals surface area (Å²) in [5.41, 5.74) is 9.34. The number of thiocarbonyl (C=S) groups is 1. The highest BCUT2D eigenvalue weighted by Gasteiger charge is 2.11. The monoisotopic (exact) mass is 348 g/mol. The lowest BCUT2D eigenvalue weighted by Gasteiger charge is -2.11. The van der Waals surface area contributed by atoms with E-state index in [0.29, 0.717) is 16.8 Å². The normalized spacial score (nSPS) is 10.1. The molecule has 0 saturated heterocycles. The first-order valence-electron chi connectivity index (χ1n) is 7.67. The molecule has 0 radical (unpaired) electrons. The van der Waals surface area contributed by atoms with Crippen molar-refractivity contribution >= 4 is 29.2 Å². The van der Waals surface area contributed by atoms with Crippen molar-refractivity contribution in [3.8, 4) is 16.9 Å². The van der Waals surface area contributed by atoms with Crippen molar-refractivity contribution in [2.75, 3.05) is 5.43 Å². The zero-order chi connectivity index (χ0) is 17.6. The van der Waals surface area contributed by atoms with Gasteiger partial charge in [-0.2, -0.15) is 0 Å². The molecule has 124 valence electrons. The van der Waals surface area contributed by atoms with Crippen molar-refractivity contribution in [2.24, 2.45) is 0 Å². The quantitative estimate of drug-likeness (QED) is 0.368. The lowest BCUT2D eigenvalue weighted by Crippen LogP contribution is -2.30. The molecule has 3 rings (SSSR count). The highest BCUT2D eigenvalue weighted by atomic mass is 32.1. The lowest BCUT2D eigenvalue weighted by molar-refractivity contribution is 0.0962. The van der Waals surface area contributed by atoms with Crippen LogP contribution in [0.5, 0.6) is 5.75 Å². The van der Waals surface area contributed by atoms with E-state index in [1.807, 2.05) is 42.5 Å². The first-order valence-corrected chi connectivity index (χ1v) is 8.14. The summed E-state index contributed by atoms with van der Waals surface area (Å²) in [7, 11) is 0. The molecular weight excluding hydrogens is 332 g/mol. The van der Waals surface area contributed by atoms with Gasteiger partial charge in [-0.1, -0.05) is 48.6 Å². The minimum atomic E-state index is -0.288. The van der Waals surface area contributed by atoms with Crippen LogP contribution in [0.4, 0.5) is 5.69 Å². The number of hydrogen-bond donors (Lipinski definition) is 3. The van der Waals surface area contributed by atoms with Gasteiger partial charge in [0.2, 0.25) is 0 Å². The van der Waals surface area contributed by atoms with E-state index in [1.54, 1.807) is 18.2 Å². The third-order valence-corrected chi connectivity index (χ3v) is 3.97. The summed E-state index contributed by atoms with van der Waals surface area (Å²) in [5.74, 6) is -0.125. The van der Waals surface area contributed by atoms with E-state index < -0.39 is 0 Å². The van der Waals surface area contributed by atoms with Gasteiger partial charge in [-0.3, -0.25) is 15.6 Å². The number of hydrogen-bond acceptors (Lipinski definition) is 4. The first-order chi connectivity index (χ1) is 12.2. The summed E-state index contributed by atoms with van der Waals surface area (Å²) in [6.45, 7) is 0. The van der Waals surface area contributed by atoms with Crippen LogP contribution >= 0.6 is 12.2 Å². The summed E-state index contributed by atoms with van der Waals surface area (Å²) in [6, 6.07) is 21.9. The molecule has 0 aliphatic heterocycles. The number of benzene rings is 3. The van der Waals surface area contributed by atoms with E-state index in [4.69, 9.17) is 12.2 Å². The number of aromatic hydroxyl groups is 1. The Balaban J connectivity index is 1.78. The number of nitrogens with one attached hydrogen (secondary N) is 2. The van der Waals surface area contributed by atoms with Gasteiger partial charge in [0.15, 0.2) is 0 Å². The minimum absolute atomic E-state index is 0.163. The largest absolute Gasteiger partial charge is 0.508 e. The number of carbonyl (C=O) groups excluding carboxylic acids is 1. The summed E-state index contributed by atoms with van der Waals surface area (Å²) < 4.78 is 0. The highest BCUT2D eigenvalue weighted by molar-refractivity contribution is 7.79. The molecule has 4 nitrogen and oxygen atoms in total. The Morgan fingerprint density at radius 2 is 1.64 bits per heavy atom. The first kappa shape index (κ1) is 16.7. The average molecular weight is 348 g/mol. The Morgan fingerprint density at radius 3 is 2.32 bits per heavy atom. The molecule has 3 aromatic rings. The van der Waals surface area contributed by atoms with Crippen molar-refractivity contribution in [3.05, 3.63) is 83.9 Å². The molecule has 3 N–H and O–H groups in total. The average Bonchev–Trinajstić information content (AvgIpc) is 2.67. The van der Waals surface area contributed by atoms with Crippen LogP contribution in [-0.4, -0.2) is 16.4 Å². The van der Waals surface area contributed by atoms with E-state index >= 15 is 0 Å². The number of phenolic OH excluding ortho intramolecular Hbond substituents is 1. The smallest absolute Gasteiger partial charge is 0.270 e. The van der Waals surface area contributed by atoms with E-state index in [9.17, 15) is 9.90 Å². The van der Waals surface area contributed by atoms with Crippen LogP contribution in [0.3, 0.4) is 0 Å². The van der Waals surface area contributed by atoms with Crippen LogP contribution in [0.15, 0.2) is 72.8 Å². The van der Waals surface area contributed by atoms with Crippen LogP contribution in [0.2, 0.25) is 0 Å². The van der Waals surface area contributed by atoms with Crippen molar-refractivity contribution in [3.63, 3.8) is 0 Å². The van der Waals surface area contributed by atoms with Gasteiger partial charge in [0.05, 0.1) is 5.69 Å². The van der Waals surface area contributed by atoms with Crippen molar-refractivity contribution in [1.29, 1.82) is 0 Å². The molecule has 0 fully saturated rings. The maximum absolute atomic E-state index is 12.4. The predicted octanol–water partition coefficient (Wildman–Crippen LogP) is 4.16. The molecule has 0 atom stereocenters. The van der Waals surface area contributed by atoms with E-state index in [1.165, 1.54) is 17.5 Å². The number of rotatable bonds is 5. The second-order valence-electron chi connectivity index (χ2n) is 5.41. The summed E-state index contributed by atoms with van der Waals surface area (Å²) >= 11 is 5.07. The molecule has 0 aliphatic rings. The zero-order valence-corrected chi connectivity index (χ0v) is 14.1. The molecule has 5 heteroatoms. The SMILES string of the molecule is O=C(NNc1ccc(O)cc1)c1ccc(-c2ccccc2)cc1C=S. The number of amides is 1. The second-order valence-corrected chi connectivity index (χ2v) is 5.65. The Bertz CT molecular complexity index is 893. The molecule has 0 bridgehead atoms. The van der Waals surface area contributed by atoms with Crippen LogP contribution in [0.25, 0.3) is 11.1 Å². The molecular formula is C20H16N2O2S. The number of carbonyl (C=O) groups is 1. The fourth-order valence-corrected chi connectivity index (χ4v) is 2.61. The Kier molecular flexibility index (Phi) is 5.06. The fraction of sp³-hybridized carbons (Fsp3) is 0. The Labute approximate surface area is 151 Å². The van der Waals surface area contributed by atoms with Crippen LogP contribution < -0.4 is 10.9 Å². The molecule has 3 aromatic carbocycles. The zero-order valence-electron chi connectivity index (χ0n) is 13.3. The Morgan fingerprint density at radius 1 is 0.920 bits per heavy atom. The van der Waals surface area contributed by atoms with Crippen molar-refractivity contribution in [1.82, 2.24) is 5.43 Å². The maximum Gasteiger partial charge on any atom is 0.270 e. The fourth-order valence-electron chi connectivity index (χ4n) is 2.42. The Hall–Kier alpha value is -3.18. The van der Waals surface area contributed by atoms with Crippen molar-refractivity contribution < 1.29 is 9.90 Å². The minimum Gasteiger partial charge on any atom is -0.508 e. The number of phenols is 1. The molecule has 0 aliphatic carbocycles. The van der Waals surface area contributed by atoms with E-state index in [0.717, 1.165) is 11.1 Å². The van der Waals surface area contributed by atoms with Gasteiger partial charge >= 0.3 is 0 Å². The third-order valence-electron chi connectivity index (χ3n) is 3.72. The molecule has 0 heterocycles. The van der Waals surface area contributed by atoms with Gasteiger partial charge in [-0.05, 0) is 53.1 Å². The van der Waals surface area contributed by atoms with Gasteiger partial charge in [-0.15, -0.1) is 0 Å². The molecule has 0 saturated carbocycles. The number of hydrazine groups is 1. The molecule has 1 amide bonds. The predicted molar refractivity (Wildman–Crippen MR) is 104 cm³/mol. The summed E-state index contributed by atoms with van der Waals surface area (Å²) in [4.78, 5) is 12.4. The topological polar surface area (TPSA) is 61.4 Å². The lowest BCUT2D eigenvalue weighted by atomic mass is 9.99. The highest BCUT2D eigenvalue weighted by Crippen LogP contribution is 2.22. The van der Waals surface area contributed by atoms with Crippen molar-refractivity contribution in [2.45, 2.75) is 0 Å². The van der Waals surface area contributed by atoms with E-state index in [-0.39, 0.29) is 11.7 Å². The van der Waals surface area contributed by atoms with E-state index in [2.05, 4.69) is 10.9 Å². The van der Waals surface area contributed by atoms with Gasteiger partial charge in [0, 0.05) is 10.9 Å². The van der Waals surface area contributed by atoms with Gasteiger partial charge in [0.1, 0.15) is 5.75 Å². The maximum atomic E-state index is 12.4. The number of anilines is 1.